The fraction of sp³-hybridized carbons (Fsp3) is 0.280. The number of rotatable bonds is 5. The Balaban J connectivity index is 1.24. The molecular weight excluding hydrogens is 457 g/mol. The molecule has 7 nitrogen and oxygen atoms in total. The summed E-state index contributed by atoms with van der Waals surface area (Å²) in [5.41, 5.74) is 3.87. The van der Waals surface area contributed by atoms with Crippen molar-refractivity contribution >= 4 is 28.5 Å². The van der Waals surface area contributed by atoms with E-state index in [1.165, 1.54) is 12.1 Å². The third-order valence-electron chi connectivity index (χ3n) is 6.17. The number of benzene rings is 2. The van der Waals surface area contributed by atoms with Crippen LogP contribution in [0.5, 0.6) is 5.75 Å². The van der Waals surface area contributed by atoms with Crippen molar-refractivity contribution in [2.45, 2.75) is 19.1 Å². The molecule has 2 aliphatic rings. The maximum absolute atomic E-state index is 13.6. The van der Waals surface area contributed by atoms with Gasteiger partial charge in [0, 0.05) is 60.4 Å². The molecule has 1 N–H and O–H groups in total. The molecule has 1 fully saturated rings. The minimum absolute atomic E-state index is 0.251. The zero-order chi connectivity index (χ0) is 23.1. The second-order valence-electron chi connectivity index (χ2n) is 8.66. The average molecular weight is 480 g/mol. The van der Waals surface area contributed by atoms with E-state index in [9.17, 15) is 4.39 Å². The van der Waals surface area contributed by atoms with Gasteiger partial charge in [-0.05, 0) is 36.4 Å². The van der Waals surface area contributed by atoms with E-state index in [2.05, 4.69) is 26.3 Å². The summed E-state index contributed by atoms with van der Waals surface area (Å²) in [7, 11) is 0. The van der Waals surface area contributed by atoms with Crippen LogP contribution in [0.15, 0.2) is 55.0 Å². The SMILES string of the molecule is Fc1ccc2c(ccn2-c2cc(Cl)c3c(c2)CN(Cc2cnc(NC4COC4)nc2)CCO3)c1. The lowest BCUT2D eigenvalue weighted by molar-refractivity contribution is 0.0208. The highest BCUT2D eigenvalue weighted by Gasteiger charge is 2.21. The van der Waals surface area contributed by atoms with Gasteiger partial charge in [0.05, 0.1) is 29.8 Å². The van der Waals surface area contributed by atoms with Crippen molar-refractivity contribution in [1.82, 2.24) is 19.4 Å². The lowest BCUT2D eigenvalue weighted by atomic mass is 10.1. The van der Waals surface area contributed by atoms with Crippen LogP contribution in [-0.4, -0.2) is 51.8 Å². The zero-order valence-electron chi connectivity index (χ0n) is 18.4. The van der Waals surface area contributed by atoms with E-state index in [0.717, 1.165) is 34.3 Å². The lowest BCUT2D eigenvalue weighted by Gasteiger charge is -2.26. The Morgan fingerprint density at radius 1 is 1.12 bits per heavy atom. The van der Waals surface area contributed by atoms with Gasteiger partial charge in [-0.25, -0.2) is 14.4 Å². The Bertz CT molecular complexity index is 1340. The van der Waals surface area contributed by atoms with Gasteiger partial charge in [-0.3, -0.25) is 4.90 Å². The van der Waals surface area contributed by atoms with Gasteiger partial charge in [0.15, 0.2) is 0 Å². The first kappa shape index (κ1) is 21.3. The number of aromatic nitrogens is 3. The number of nitrogens with one attached hydrogen (secondary N) is 1. The summed E-state index contributed by atoms with van der Waals surface area (Å²) in [5, 5.41) is 4.66. The monoisotopic (exact) mass is 479 g/mol. The first-order valence-electron chi connectivity index (χ1n) is 11.2. The quantitative estimate of drug-likeness (QED) is 0.457. The highest BCUT2D eigenvalue weighted by atomic mass is 35.5. The Kier molecular flexibility index (Phi) is 5.57. The zero-order valence-corrected chi connectivity index (χ0v) is 19.1. The van der Waals surface area contributed by atoms with Gasteiger partial charge in [-0.15, -0.1) is 0 Å². The highest BCUT2D eigenvalue weighted by molar-refractivity contribution is 6.32. The Morgan fingerprint density at radius 2 is 1.97 bits per heavy atom. The number of hydrogen-bond donors (Lipinski definition) is 1. The molecule has 0 bridgehead atoms. The van der Waals surface area contributed by atoms with Crippen molar-refractivity contribution in [3.05, 3.63) is 77.0 Å². The van der Waals surface area contributed by atoms with E-state index in [-0.39, 0.29) is 5.82 Å². The van der Waals surface area contributed by atoms with E-state index in [1.807, 2.05) is 35.3 Å². The molecule has 2 aromatic carbocycles. The van der Waals surface area contributed by atoms with E-state index in [1.54, 1.807) is 6.07 Å². The van der Waals surface area contributed by atoms with Crippen molar-refractivity contribution in [2.24, 2.45) is 0 Å². The van der Waals surface area contributed by atoms with Crippen LogP contribution < -0.4 is 10.1 Å². The predicted molar refractivity (Wildman–Crippen MR) is 128 cm³/mol. The third kappa shape index (κ3) is 4.20. The van der Waals surface area contributed by atoms with Crippen LogP contribution in [0.1, 0.15) is 11.1 Å². The molecule has 1 saturated heterocycles. The van der Waals surface area contributed by atoms with E-state index in [0.29, 0.717) is 55.7 Å². The molecule has 4 heterocycles. The van der Waals surface area contributed by atoms with E-state index >= 15 is 0 Å². The van der Waals surface area contributed by atoms with Crippen molar-refractivity contribution < 1.29 is 13.9 Å². The maximum Gasteiger partial charge on any atom is 0.222 e. The molecule has 174 valence electrons. The van der Waals surface area contributed by atoms with Crippen molar-refractivity contribution in [3.8, 4) is 11.4 Å². The molecule has 0 unspecified atom stereocenters. The van der Waals surface area contributed by atoms with Crippen LogP contribution in [0.3, 0.4) is 0 Å². The van der Waals surface area contributed by atoms with Gasteiger partial charge in [0.25, 0.3) is 0 Å². The lowest BCUT2D eigenvalue weighted by Crippen LogP contribution is -2.40. The maximum atomic E-state index is 13.6. The first-order chi connectivity index (χ1) is 16.6. The Labute approximate surface area is 201 Å². The predicted octanol–water partition coefficient (Wildman–Crippen LogP) is 4.42. The van der Waals surface area contributed by atoms with Gasteiger partial charge in [-0.1, -0.05) is 11.6 Å². The minimum atomic E-state index is -0.251. The van der Waals surface area contributed by atoms with Gasteiger partial charge in [0.1, 0.15) is 18.2 Å². The molecule has 4 aromatic rings. The summed E-state index contributed by atoms with van der Waals surface area (Å²) in [6.07, 6.45) is 5.65. The summed E-state index contributed by atoms with van der Waals surface area (Å²) in [6, 6.07) is 11.0. The topological polar surface area (TPSA) is 64.4 Å². The van der Waals surface area contributed by atoms with Gasteiger partial charge >= 0.3 is 0 Å². The van der Waals surface area contributed by atoms with Gasteiger partial charge in [0.2, 0.25) is 5.95 Å². The number of anilines is 1. The summed E-state index contributed by atoms with van der Waals surface area (Å²) >= 11 is 6.64. The second-order valence-corrected chi connectivity index (χ2v) is 9.06. The first-order valence-corrected chi connectivity index (χ1v) is 11.6. The standard InChI is InChI=1S/C25H23ClFN5O2/c26-22-9-21(32-4-3-17-7-19(27)1-2-23(17)32)8-18-13-31(5-6-34-24(18)22)12-16-10-28-25(29-11-16)30-20-14-33-15-20/h1-4,7-11,20H,5-6,12-15H2,(H,28,29,30). The fourth-order valence-corrected chi connectivity index (χ4v) is 4.68. The largest absolute Gasteiger partial charge is 0.490 e. The summed E-state index contributed by atoms with van der Waals surface area (Å²) < 4.78 is 26.8. The van der Waals surface area contributed by atoms with Crippen LogP contribution in [-0.2, 0) is 17.8 Å². The summed E-state index contributed by atoms with van der Waals surface area (Å²) in [6.45, 7) is 4.06. The van der Waals surface area contributed by atoms with Crippen LogP contribution >= 0.6 is 11.6 Å². The molecule has 0 saturated carbocycles. The summed E-state index contributed by atoms with van der Waals surface area (Å²) in [4.78, 5) is 11.2. The number of hydrogen-bond acceptors (Lipinski definition) is 6. The number of nitrogens with zero attached hydrogens (tertiary/aromatic N) is 4. The highest BCUT2D eigenvalue weighted by Crippen LogP contribution is 2.35. The molecule has 0 spiro atoms. The smallest absolute Gasteiger partial charge is 0.222 e. The number of ether oxygens (including phenoxy) is 2. The minimum Gasteiger partial charge on any atom is -0.490 e. The molecule has 9 heteroatoms. The molecule has 2 aliphatic heterocycles. The molecule has 0 amide bonds. The molecule has 34 heavy (non-hydrogen) atoms. The van der Waals surface area contributed by atoms with E-state index < -0.39 is 0 Å². The van der Waals surface area contributed by atoms with Crippen molar-refractivity contribution in [1.29, 1.82) is 0 Å². The average Bonchev–Trinajstić information content (AvgIpc) is 3.10. The van der Waals surface area contributed by atoms with Crippen LogP contribution in [0.25, 0.3) is 16.6 Å². The number of halogens is 2. The van der Waals surface area contributed by atoms with Crippen molar-refractivity contribution in [2.75, 3.05) is 31.7 Å². The van der Waals surface area contributed by atoms with Gasteiger partial charge in [-0.2, -0.15) is 0 Å². The molecule has 2 aromatic heterocycles. The molecule has 0 atom stereocenters. The Morgan fingerprint density at radius 3 is 2.76 bits per heavy atom. The fourth-order valence-electron chi connectivity index (χ4n) is 4.39. The molecule has 0 radical (unpaired) electrons. The van der Waals surface area contributed by atoms with Crippen LogP contribution in [0.2, 0.25) is 5.02 Å². The third-order valence-corrected chi connectivity index (χ3v) is 6.45. The summed E-state index contributed by atoms with van der Waals surface area (Å²) in [5.74, 6) is 1.09. The van der Waals surface area contributed by atoms with Gasteiger partial charge < -0.3 is 19.4 Å². The second kappa shape index (κ2) is 8.87. The Hall–Kier alpha value is -3.20. The molecule has 6 rings (SSSR count). The molecular formula is C25H23ClFN5O2. The van der Waals surface area contributed by atoms with Crippen LogP contribution in [0.4, 0.5) is 10.3 Å². The number of fused-ring (bicyclic) bond motifs is 2. The van der Waals surface area contributed by atoms with E-state index in [4.69, 9.17) is 21.1 Å². The van der Waals surface area contributed by atoms with Crippen molar-refractivity contribution in [3.63, 3.8) is 0 Å². The van der Waals surface area contributed by atoms with Crippen LogP contribution in [0, 0.1) is 5.82 Å². The normalized spacial score (nSPS) is 16.5. The molecule has 0 aliphatic carbocycles.